The fourth-order valence-corrected chi connectivity index (χ4v) is 4.27. The summed E-state index contributed by atoms with van der Waals surface area (Å²) >= 11 is 0. The standard InChI is InChI=1S/2C12H8N2.C9H11NO2.ClHO4.Ru/c2*1-3-9-5-6-10-4-2-8-14-12(10)11(9)13-7-1;11-9(12)7-10-6-8-4-2-1-3-5-8;2-1(3,4)5;/h2*1-8H;1-5,10H,6-7H2,(H,11,12);(H,2,3,4,5);/q;;;;+1/p-1. The fourth-order valence-electron chi connectivity index (χ4n) is 4.27. The summed E-state index contributed by atoms with van der Waals surface area (Å²) in [6.07, 6.45) is 7.21. The number of aliphatic carboxylic acids is 1. The molecule has 0 aliphatic heterocycles. The zero-order chi connectivity index (χ0) is 32.1. The summed E-state index contributed by atoms with van der Waals surface area (Å²) in [5, 5.41) is 15.7. The molecular weight excluding hydrogens is 699 g/mol. The summed E-state index contributed by atoms with van der Waals surface area (Å²) in [7, 11) is -4.94. The molecule has 7 aromatic rings. The van der Waals surface area contributed by atoms with Crippen LogP contribution in [0.4, 0.5) is 0 Å². The second kappa shape index (κ2) is 17.8. The smallest absolute Gasteiger partial charge is 0.480 e. The first-order valence-corrected chi connectivity index (χ1v) is 14.7. The zero-order valence-electron chi connectivity index (χ0n) is 24.0. The van der Waals surface area contributed by atoms with E-state index >= 15 is 0 Å². The van der Waals surface area contributed by atoms with Gasteiger partial charge >= 0.3 is 25.4 Å². The Morgan fingerprint density at radius 3 is 1.20 bits per heavy atom. The molecule has 0 unspecified atom stereocenters. The van der Waals surface area contributed by atoms with Crippen LogP contribution in [0, 0.1) is 10.2 Å². The van der Waals surface area contributed by atoms with Gasteiger partial charge in [-0.25, -0.2) is 18.6 Å². The Labute approximate surface area is 278 Å². The molecule has 13 heteroatoms. The Morgan fingerprint density at radius 2 is 0.891 bits per heavy atom. The number of rotatable bonds is 4. The third kappa shape index (κ3) is 11.4. The van der Waals surface area contributed by atoms with Gasteiger partial charge in [0.15, 0.2) is 0 Å². The van der Waals surface area contributed by atoms with Crippen LogP contribution in [0.1, 0.15) is 5.56 Å². The Kier molecular flexibility index (Phi) is 13.9. The molecule has 0 atom stereocenters. The van der Waals surface area contributed by atoms with Gasteiger partial charge in [-0.05, 0) is 29.8 Å². The second-order valence-corrected chi connectivity index (χ2v) is 10.0. The van der Waals surface area contributed by atoms with Gasteiger partial charge in [0.05, 0.1) is 28.6 Å². The third-order valence-corrected chi connectivity index (χ3v) is 6.14. The molecule has 0 amide bonds. The topological polar surface area (TPSA) is 193 Å². The van der Waals surface area contributed by atoms with E-state index in [9.17, 15) is 4.79 Å². The number of carbonyl (C=O) groups is 1. The average Bonchev–Trinajstić information content (AvgIpc) is 3.05. The summed E-state index contributed by atoms with van der Waals surface area (Å²) in [5.41, 5.74) is 5.01. The van der Waals surface area contributed by atoms with Crippen LogP contribution in [0.15, 0.2) is 128 Å². The maximum Gasteiger partial charge on any atom is 1.00 e. The van der Waals surface area contributed by atoms with Crippen LogP contribution in [0.25, 0.3) is 43.6 Å². The number of benzene rings is 3. The maximum absolute atomic E-state index is 10.1. The zero-order valence-corrected chi connectivity index (χ0v) is 26.5. The van der Waals surface area contributed by atoms with E-state index in [-0.39, 0.29) is 26.0 Å². The number of nitrogens with one attached hydrogen (secondary N) is 1. The molecule has 4 heterocycles. The number of pyridine rings is 4. The molecule has 7 rings (SSSR count). The van der Waals surface area contributed by atoms with Crippen molar-refractivity contribution in [1.29, 1.82) is 0 Å². The minimum atomic E-state index is -4.94. The molecule has 3 aromatic carbocycles. The van der Waals surface area contributed by atoms with E-state index < -0.39 is 16.2 Å². The van der Waals surface area contributed by atoms with Crippen LogP contribution in [0.3, 0.4) is 0 Å². The Bertz CT molecular complexity index is 1770. The van der Waals surface area contributed by atoms with E-state index in [1.54, 1.807) is 24.8 Å². The first-order chi connectivity index (χ1) is 21.7. The van der Waals surface area contributed by atoms with E-state index in [2.05, 4.69) is 73.8 Å². The van der Waals surface area contributed by atoms with Gasteiger partial charge in [-0.1, -0.05) is 78.9 Å². The van der Waals surface area contributed by atoms with Gasteiger partial charge in [-0.15, -0.1) is 10.2 Å². The van der Waals surface area contributed by atoms with Gasteiger partial charge < -0.3 is 10.4 Å². The number of hydrogen-bond donors (Lipinski definition) is 2. The average molecular weight is 726 g/mol. The molecule has 0 fully saturated rings. The predicted octanol–water partition coefficient (Wildman–Crippen LogP) is 1.67. The number of fused-ring (bicyclic) bond motifs is 6. The predicted molar refractivity (Wildman–Crippen MR) is 160 cm³/mol. The van der Waals surface area contributed by atoms with E-state index in [4.69, 9.17) is 23.7 Å². The van der Waals surface area contributed by atoms with Crippen molar-refractivity contribution < 1.29 is 58.3 Å². The maximum atomic E-state index is 10.1. The first kappa shape index (κ1) is 36.0. The largest absolute Gasteiger partial charge is 1.00 e. The molecule has 2 N–H and O–H groups in total. The first-order valence-electron chi connectivity index (χ1n) is 13.4. The molecule has 0 aliphatic carbocycles. The minimum absolute atomic E-state index is 0. The number of nitrogens with zero attached hydrogens (tertiary/aromatic N) is 4. The fraction of sp³-hybridized carbons (Fsp3) is 0.0606. The minimum Gasteiger partial charge on any atom is -0.480 e. The van der Waals surface area contributed by atoms with Crippen molar-refractivity contribution in [3.05, 3.63) is 133 Å². The van der Waals surface area contributed by atoms with Crippen molar-refractivity contribution in [1.82, 2.24) is 25.3 Å². The van der Waals surface area contributed by atoms with Crippen LogP contribution in [0.2, 0.25) is 0 Å². The Hall–Kier alpha value is -4.52. The summed E-state index contributed by atoms with van der Waals surface area (Å²) in [6.45, 7) is 0.613. The van der Waals surface area contributed by atoms with Crippen molar-refractivity contribution in [2.75, 3.05) is 6.54 Å². The number of hydrogen-bond acceptors (Lipinski definition) is 10. The molecule has 0 saturated heterocycles. The van der Waals surface area contributed by atoms with Gasteiger partial charge in [-0.2, -0.15) is 0 Å². The number of aromatic nitrogens is 4. The van der Waals surface area contributed by atoms with Crippen molar-refractivity contribution in [2.45, 2.75) is 6.54 Å². The van der Waals surface area contributed by atoms with Crippen LogP contribution >= 0.6 is 0 Å². The Balaban J connectivity index is 0.000000174. The van der Waals surface area contributed by atoms with Gasteiger partial charge in [0.1, 0.15) is 0 Å². The molecule has 0 aliphatic rings. The van der Waals surface area contributed by atoms with Crippen LogP contribution in [-0.2, 0) is 30.8 Å². The normalized spacial score (nSPS) is 10.4. The molecule has 0 spiro atoms. The molecule has 11 nitrogen and oxygen atoms in total. The van der Waals surface area contributed by atoms with Crippen molar-refractivity contribution in [2.24, 2.45) is 0 Å². The molecule has 0 saturated carbocycles. The van der Waals surface area contributed by atoms with E-state index in [0.29, 0.717) is 6.54 Å². The van der Waals surface area contributed by atoms with Gasteiger partial charge in [0.2, 0.25) is 0 Å². The van der Waals surface area contributed by atoms with E-state index in [0.717, 1.165) is 49.2 Å². The summed E-state index contributed by atoms with van der Waals surface area (Å²) in [5.74, 6) is -0.828. The number of halogens is 1. The SMILES string of the molecule is O=C(O)CNCc1ccccc1.[O-][Cl+3]([O-])([O-])[O-].[Ru+].c1cnc2c(c1)ccc1cccnc12.c1cnc2c(c1)ccc1cccnc12. The molecule has 1 radical (unpaired) electrons. The number of carboxylic acids is 1. The summed E-state index contributed by atoms with van der Waals surface area (Å²) < 4.78 is 34.0. The van der Waals surface area contributed by atoms with Crippen LogP contribution < -0.4 is 24.0 Å². The van der Waals surface area contributed by atoms with Crippen LogP contribution in [0.5, 0.6) is 0 Å². The molecule has 235 valence electrons. The Morgan fingerprint density at radius 1 is 0.565 bits per heavy atom. The van der Waals surface area contributed by atoms with Gasteiger partial charge in [0, 0.05) is 52.9 Å². The van der Waals surface area contributed by atoms with Crippen molar-refractivity contribution >= 4 is 49.6 Å². The monoisotopic (exact) mass is 726 g/mol. The second-order valence-electron chi connectivity index (χ2n) is 9.29. The van der Waals surface area contributed by atoms with Crippen LogP contribution in [-0.4, -0.2) is 37.6 Å². The molecular formula is C33H27ClN5O6Ru. The van der Waals surface area contributed by atoms with Crippen molar-refractivity contribution in [3.63, 3.8) is 0 Å². The molecule has 4 aromatic heterocycles. The number of carboxylic acid groups (broad SMARTS) is 1. The summed E-state index contributed by atoms with van der Waals surface area (Å²) in [6, 6.07) is 34.0. The quantitative estimate of drug-likeness (QED) is 0.198. The molecule has 46 heavy (non-hydrogen) atoms. The van der Waals surface area contributed by atoms with Gasteiger partial charge in [0.25, 0.3) is 0 Å². The van der Waals surface area contributed by atoms with E-state index in [1.165, 1.54) is 0 Å². The summed E-state index contributed by atoms with van der Waals surface area (Å²) in [4.78, 5) is 27.5. The van der Waals surface area contributed by atoms with Crippen molar-refractivity contribution in [3.8, 4) is 0 Å². The third-order valence-electron chi connectivity index (χ3n) is 6.14. The molecule has 0 bridgehead atoms. The van der Waals surface area contributed by atoms with E-state index in [1.807, 2.05) is 54.6 Å². The van der Waals surface area contributed by atoms with Gasteiger partial charge in [-0.3, -0.25) is 24.7 Å².